The first kappa shape index (κ1) is 27.9. The lowest BCUT2D eigenvalue weighted by atomic mass is 10.0. The Labute approximate surface area is 246 Å². The molecule has 218 valence electrons. The Hall–Kier alpha value is -4.28. The standard InChI is InChI=1S/C32H38N8O2/c1-37-18-14-24(15-19-37)38(2)17-6-9-28(41)39-20-16-25(21-39)40-32-29(31(33)34-22-35-32)30(36-40)23-10-12-27(13-11-23)42-26-7-4-3-5-8-26/h3-13,22,24-25H,14-21H2,1-2H3,(H2,33,34,35)/b9-6+/t25-/m1/s1. The molecule has 0 bridgehead atoms. The van der Waals surface area contributed by atoms with Gasteiger partial charge in [0.05, 0.1) is 11.4 Å². The topological polar surface area (TPSA) is 106 Å². The monoisotopic (exact) mass is 566 g/mol. The van der Waals surface area contributed by atoms with Gasteiger partial charge in [-0.05, 0) is 82.8 Å². The Morgan fingerprint density at radius 1 is 1.02 bits per heavy atom. The zero-order chi connectivity index (χ0) is 29.1. The minimum Gasteiger partial charge on any atom is -0.457 e. The predicted octanol–water partition coefficient (Wildman–Crippen LogP) is 4.22. The number of hydrogen-bond acceptors (Lipinski definition) is 8. The smallest absolute Gasteiger partial charge is 0.246 e. The molecule has 2 N–H and O–H groups in total. The zero-order valence-corrected chi connectivity index (χ0v) is 24.3. The molecule has 2 aromatic heterocycles. The maximum atomic E-state index is 13.1. The SMILES string of the molecule is CN1CCC(N(C)C/C=C/C(=O)N2CC[C@@H](n3nc(-c4ccc(Oc5ccccc5)cc4)c4c(N)ncnc43)C2)CC1. The summed E-state index contributed by atoms with van der Waals surface area (Å²) in [5, 5.41) is 5.70. The van der Waals surface area contributed by atoms with Crippen LogP contribution in [0.3, 0.4) is 0 Å². The molecule has 2 aromatic carbocycles. The van der Waals surface area contributed by atoms with Crippen molar-refractivity contribution in [2.45, 2.75) is 31.3 Å². The zero-order valence-electron chi connectivity index (χ0n) is 24.3. The fourth-order valence-electron chi connectivity index (χ4n) is 5.91. The molecule has 4 aromatic rings. The highest BCUT2D eigenvalue weighted by Crippen LogP contribution is 2.35. The van der Waals surface area contributed by atoms with Crippen LogP contribution in [-0.4, -0.2) is 93.2 Å². The van der Waals surface area contributed by atoms with E-state index in [4.69, 9.17) is 15.6 Å². The summed E-state index contributed by atoms with van der Waals surface area (Å²) < 4.78 is 7.87. The van der Waals surface area contributed by atoms with Gasteiger partial charge >= 0.3 is 0 Å². The lowest BCUT2D eigenvalue weighted by molar-refractivity contribution is -0.125. The Morgan fingerprint density at radius 2 is 1.76 bits per heavy atom. The molecular formula is C32H38N8O2. The number of likely N-dealkylation sites (N-methyl/N-ethyl adjacent to an activating group) is 1. The van der Waals surface area contributed by atoms with E-state index in [1.165, 1.54) is 19.2 Å². The first-order valence-electron chi connectivity index (χ1n) is 14.6. The van der Waals surface area contributed by atoms with Crippen molar-refractivity contribution in [2.75, 3.05) is 52.6 Å². The van der Waals surface area contributed by atoms with E-state index in [-0.39, 0.29) is 11.9 Å². The first-order chi connectivity index (χ1) is 20.5. The van der Waals surface area contributed by atoms with Crippen LogP contribution in [0.25, 0.3) is 22.3 Å². The molecule has 4 heterocycles. The molecule has 0 spiro atoms. The number of benzene rings is 2. The van der Waals surface area contributed by atoms with Gasteiger partial charge in [0.15, 0.2) is 5.65 Å². The summed E-state index contributed by atoms with van der Waals surface area (Å²) >= 11 is 0. The van der Waals surface area contributed by atoms with Crippen molar-refractivity contribution in [1.29, 1.82) is 0 Å². The Morgan fingerprint density at radius 3 is 2.52 bits per heavy atom. The molecule has 0 saturated carbocycles. The van der Waals surface area contributed by atoms with Gasteiger partial charge in [0.1, 0.15) is 29.3 Å². The normalized spacial score (nSPS) is 18.5. The van der Waals surface area contributed by atoms with E-state index in [1.54, 1.807) is 6.08 Å². The fraction of sp³-hybridized carbons (Fsp3) is 0.375. The number of nitrogens with zero attached hydrogens (tertiary/aromatic N) is 7. The minimum absolute atomic E-state index is 0.00418. The van der Waals surface area contributed by atoms with Gasteiger partial charge in [-0.15, -0.1) is 0 Å². The highest BCUT2D eigenvalue weighted by atomic mass is 16.5. The Kier molecular flexibility index (Phi) is 8.16. The van der Waals surface area contributed by atoms with Crippen LogP contribution in [0.1, 0.15) is 25.3 Å². The number of amides is 1. The van der Waals surface area contributed by atoms with E-state index in [9.17, 15) is 4.79 Å². The Balaban J connectivity index is 1.14. The van der Waals surface area contributed by atoms with Crippen molar-refractivity contribution >= 4 is 22.8 Å². The second-order valence-corrected chi connectivity index (χ2v) is 11.3. The van der Waals surface area contributed by atoms with E-state index >= 15 is 0 Å². The van der Waals surface area contributed by atoms with Gasteiger partial charge in [0.2, 0.25) is 5.91 Å². The molecule has 6 rings (SSSR count). The van der Waals surface area contributed by atoms with Gasteiger partial charge in [0, 0.05) is 37.3 Å². The number of nitrogen functional groups attached to an aromatic ring is 1. The number of anilines is 1. The van der Waals surface area contributed by atoms with E-state index in [2.05, 4.69) is 33.9 Å². The second-order valence-electron chi connectivity index (χ2n) is 11.3. The van der Waals surface area contributed by atoms with Crippen LogP contribution < -0.4 is 10.5 Å². The van der Waals surface area contributed by atoms with Gasteiger partial charge < -0.3 is 20.3 Å². The van der Waals surface area contributed by atoms with Gasteiger partial charge in [-0.3, -0.25) is 9.69 Å². The van der Waals surface area contributed by atoms with Crippen LogP contribution in [-0.2, 0) is 4.79 Å². The molecule has 2 aliphatic rings. The summed E-state index contributed by atoms with van der Waals surface area (Å²) in [6.07, 6.45) is 8.31. The largest absolute Gasteiger partial charge is 0.457 e. The van der Waals surface area contributed by atoms with E-state index in [0.717, 1.165) is 54.2 Å². The lowest BCUT2D eigenvalue weighted by Gasteiger charge is -2.34. The average molecular weight is 567 g/mol. The number of nitrogens with two attached hydrogens (primary N) is 1. The summed E-state index contributed by atoms with van der Waals surface area (Å²) in [6.45, 7) is 4.26. The summed E-state index contributed by atoms with van der Waals surface area (Å²) in [5.41, 5.74) is 8.63. The van der Waals surface area contributed by atoms with Crippen LogP contribution in [0.2, 0.25) is 0 Å². The van der Waals surface area contributed by atoms with Crippen molar-refractivity contribution in [3.8, 4) is 22.8 Å². The number of likely N-dealkylation sites (tertiary alicyclic amines) is 2. The fourth-order valence-corrected chi connectivity index (χ4v) is 5.91. The minimum atomic E-state index is -0.00418. The number of hydrogen-bond donors (Lipinski definition) is 1. The molecule has 1 atom stereocenters. The van der Waals surface area contributed by atoms with Crippen LogP contribution in [0, 0.1) is 0 Å². The van der Waals surface area contributed by atoms with Gasteiger partial charge in [-0.25, -0.2) is 14.6 Å². The molecule has 1 amide bonds. The van der Waals surface area contributed by atoms with Crippen LogP contribution in [0.15, 0.2) is 73.1 Å². The molecule has 2 fully saturated rings. The van der Waals surface area contributed by atoms with Crippen LogP contribution in [0.5, 0.6) is 11.5 Å². The molecule has 10 heteroatoms. The number of carbonyl (C=O) groups excluding carboxylic acids is 1. The summed E-state index contributed by atoms with van der Waals surface area (Å²) in [4.78, 5) is 28.5. The van der Waals surface area contributed by atoms with Crippen molar-refractivity contribution in [2.24, 2.45) is 0 Å². The van der Waals surface area contributed by atoms with Crippen molar-refractivity contribution < 1.29 is 9.53 Å². The summed E-state index contributed by atoms with van der Waals surface area (Å²) in [6, 6.07) is 18.0. The highest BCUT2D eigenvalue weighted by Gasteiger charge is 2.30. The van der Waals surface area contributed by atoms with E-state index < -0.39 is 0 Å². The predicted molar refractivity (Wildman–Crippen MR) is 164 cm³/mol. The average Bonchev–Trinajstić information content (AvgIpc) is 3.65. The second kappa shape index (κ2) is 12.3. The quantitative estimate of drug-likeness (QED) is 0.316. The molecule has 2 saturated heterocycles. The Bertz CT molecular complexity index is 1540. The number of carbonyl (C=O) groups is 1. The molecule has 0 unspecified atom stereocenters. The third kappa shape index (κ3) is 6.00. The third-order valence-corrected chi connectivity index (χ3v) is 8.41. The van der Waals surface area contributed by atoms with E-state index in [0.29, 0.717) is 30.6 Å². The molecular weight excluding hydrogens is 528 g/mol. The van der Waals surface area contributed by atoms with Crippen molar-refractivity contribution in [1.82, 2.24) is 34.4 Å². The van der Waals surface area contributed by atoms with Gasteiger partial charge in [-0.2, -0.15) is 5.10 Å². The molecule has 42 heavy (non-hydrogen) atoms. The van der Waals surface area contributed by atoms with Crippen molar-refractivity contribution in [3.05, 3.63) is 73.1 Å². The summed E-state index contributed by atoms with van der Waals surface area (Å²) in [7, 11) is 4.32. The van der Waals surface area contributed by atoms with Gasteiger partial charge in [0.25, 0.3) is 0 Å². The summed E-state index contributed by atoms with van der Waals surface area (Å²) in [5.74, 6) is 1.92. The molecule has 0 aliphatic carbocycles. The molecule has 2 aliphatic heterocycles. The lowest BCUT2D eigenvalue weighted by Crippen LogP contribution is -2.41. The van der Waals surface area contributed by atoms with Crippen LogP contribution >= 0.6 is 0 Å². The number of rotatable bonds is 8. The highest BCUT2D eigenvalue weighted by molar-refractivity contribution is 5.98. The maximum absolute atomic E-state index is 13.1. The number of fused-ring (bicyclic) bond motifs is 1. The number of para-hydroxylation sites is 1. The third-order valence-electron chi connectivity index (χ3n) is 8.41. The molecule has 10 nitrogen and oxygen atoms in total. The number of aromatic nitrogens is 4. The van der Waals surface area contributed by atoms with E-state index in [1.807, 2.05) is 70.3 Å². The number of piperidine rings is 1. The van der Waals surface area contributed by atoms with Gasteiger partial charge in [-0.1, -0.05) is 24.3 Å². The maximum Gasteiger partial charge on any atom is 0.246 e. The van der Waals surface area contributed by atoms with Crippen molar-refractivity contribution in [3.63, 3.8) is 0 Å². The van der Waals surface area contributed by atoms with Crippen LogP contribution in [0.4, 0.5) is 5.82 Å². The first-order valence-corrected chi connectivity index (χ1v) is 14.6. The molecule has 0 radical (unpaired) electrons. The number of ether oxygens (including phenoxy) is 1.